The van der Waals surface area contributed by atoms with Gasteiger partial charge in [0.2, 0.25) is 11.8 Å². The number of nitrogens with zero attached hydrogens (tertiary/aromatic N) is 1. The molecule has 0 aliphatic heterocycles. The van der Waals surface area contributed by atoms with E-state index in [0.29, 0.717) is 13.0 Å². The minimum Gasteiger partial charge on any atom is -0.352 e. The molecule has 2 aromatic rings. The molecule has 2 amide bonds. The zero-order chi connectivity index (χ0) is 16.2. The molecule has 1 aromatic carbocycles. The summed E-state index contributed by atoms with van der Waals surface area (Å²) in [6.45, 7) is 2.44. The van der Waals surface area contributed by atoms with E-state index in [1.54, 1.807) is 12.4 Å². The van der Waals surface area contributed by atoms with Crippen LogP contribution in [0.3, 0.4) is 0 Å². The second kappa shape index (κ2) is 6.60. The molecule has 0 spiro atoms. The predicted octanol–water partition coefficient (Wildman–Crippen LogP) is 2.28. The Kier molecular flexibility index (Phi) is 4.37. The summed E-state index contributed by atoms with van der Waals surface area (Å²) in [5.74, 6) is -0.615. The van der Waals surface area contributed by atoms with E-state index in [4.69, 9.17) is 0 Å². The number of aryl methyl sites for hydroxylation is 1. The van der Waals surface area contributed by atoms with Crippen molar-refractivity contribution in [3.05, 3.63) is 59.9 Å². The molecule has 0 saturated heterocycles. The number of hydrogen-bond donors (Lipinski definition) is 2. The van der Waals surface area contributed by atoms with Gasteiger partial charge in [-0.15, -0.1) is 0 Å². The van der Waals surface area contributed by atoms with Crippen LogP contribution in [0.4, 0.5) is 5.69 Å². The van der Waals surface area contributed by atoms with Gasteiger partial charge in [-0.3, -0.25) is 14.6 Å². The molecule has 3 rings (SSSR count). The largest absolute Gasteiger partial charge is 0.352 e. The van der Waals surface area contributed by atoms with Crippen LogP contribution in [0.1, 0.15) is 17.5 Å². The minimum absolute atomic E-state index is 0.0714. The molecule has 1 heterocycles. The van der Waals surface area contributed by atoms with Crippen LogP contribution in [0, 0.1) is 18.8 Å². The highest BCUT2D eigenvalue weighted by Gasteiger charge is 2.47. The lowest BCUT2D eigenvalue weighted by molar-refractivity contribution is -0.125. The zero-order valence-electron chi connectivity index (χ0n) is 13.0. The number of aromatic nitrogens is 1. The third-order valence-electron chi connectivity index (χ3n) is 3.97. The van der Waals surface area contributed by atoms with Crippen LogP contribution < -0.4 is 10.6 Å². The summed E-state index contributed by atoms with van der Waals surface area (Å²) >= 11 is 0. The number of carbonyl (C=O) groups is 2. The van der Waals surface area contributed by atoms with Gasteiger partial charge in [-0.1, -0.05) is 23.8 Å². The zero-order valence-corrected chi connectivity index (χ0v) is 13.0. The second-order valence-corrected chi connectivity index (χ2v) is 5.88. The van der Waals surface area contributed by atoms with Crippen molar-refractivity contribution >= 4 is 17.5 Å². The molecule has 1 saturated carbocycles. The first-order valence-electron chi connectivity index (χ1n) is 7.67. The van der Waals surface area contributed by atoms with Gasteiger partial charge in [-0.2, -0.15) is 0 Å². The number of carbonyl (C=O) groups excluding carboxylic acids is 2. The van der Waals surface area contributed by atoms with Gasteiger partial charge in [0, 0.05) is 24.6 Å². The standard InChI is InChI=1S/C18H19N3O2/c1-12-4-6-14(7-5-12)21-18(23)16-9-15(16)17(22)20-11-13-3-2-8-19-10-13/h2-8,10,15-16H,9,11H2,1H3,(H,20,22)(H,21,23). The van der Waals surface area contributed by atoms with E-state index in [0.717, 1.165) is 16.8 Å². The van der Waals surface area contributed by atoms with Gasteiger partial charge < -0.3 is 10.6 Å². The molecule has 1 fully saturated rings. The van der Waals surface area contributed by atoms with Crippen molar-refractivity contribution in [2.75, 3.05) is 5.32 Å². The molecule has 1 aromatic heterocycles. The Morgan fingerprint density at radius 1 is 1.13 bits per heavy atom. The molecule has 2 N–H and O–H groups in total. The number of hydrogen-bond acceptors (Lipinski definition) is 3. The molecular weight excluding hydrogens is 290 g/mol. The van der Waals surface area contributed by atoms with Gasteiger partial charge in [0.25, 0.3) is 0 Å². The highest BCUT2D eigenvalue weighted by Crippen LogP contribution is 2.39. The first-order chi connectivity index (χ1) is 11.1. The van der Waals surface area contributed by atoms with E-state index in [-0.39, 0.29) is 23.7 Å². The lowest BCUT2D eigenvalue weighted by Gasteiger charge is -2.06. The highest BCUT2D eigenvalue weighted by atomic mass is 16.2. The van der Waals surface area contributed by atoms with E-state index < -0.39 is 0 Å². The summed E-state index contributed by atoms with van der Waals surface area (Å²) < 4.78 is 0. The Morgan fingerprint density at radius 3 is 2.57 bits per heavy atom. The van der Waals surface area contributed by atoms with Crippen molar-refractivity contribution in [3.63, 3.8) is 0 Å². The van der Waals surface area contributed by atoms with Crippen LogP contribution in [0.5, 0.6) is 0 Å². The van der Waals surface area contributed by atoms with Crippen molar-refractivity contribution in [1.29, 1.82) is 0 Å². The van der Waals surface area contributed by atoms with Crippen molar-refractivity contribution in [2.45, 2.75) is 19.9 Å². The molecular formula is C18H19N3O2. The summed E-state index contributed by atoms with van der Waals surface area (Å²) in [7, 11) is 0. The number of amides is 2. The van der Waals surface area contributed by atoms with Crippen molar-refractivity contribution < 1.29 is 9.59 Å². The fourth-order valence-corrected chi connectivity index (χ4v) is 2.47. The quantitative estimate of drug-likeness (QED) is 0.890. The van der Waals surface area contributed by atoms with E-state index in [2.05, 4.69) is 15.6 Å². The maximum atomic E-state index is 12.1. The SMILES string of the molecule is Cc1ccc(NC(=O)C2CC2C(=O)NCc2cccnc2)cc1. The van der Waals surface area contributed by atoms with Gasteiger partial charge in [0.05, 0.1) is 11.8 Å². The first kappa shape index (κ1) is 15.2. The molecule has 0 radical (unpaired) electrons. The fraction of sp³-hybridized carbons (Fsp3) is 0.278. The van der Waals surface area contributed by atoms with E-state index in [1.165, 1.54) is 0 Å². The number of nitrogens with one attached hydrogen (secondary N) is 2. The Bertz CT molecular complexity index is 698. The molecule has 1 aliphatic rings. The van der Waals surface area contributed by atoms with Crippen LogP contribution in [-0.4, -0.2) is 16.8 Å². The molecule has 2 unspecified atom stereocenters. The maximum Gasteiger partial charge on any atom is 0.228 e. The minimum atomic E-state index is -0.231. The topological polar surface area (TPSA) is 71.1 Å². The molecule has 5 heteroatoms. The van der Waals surface area contributed by atoms with Crippen LogP contribution in [-0.2, 0) is 16.1 Å². The Hall–Kier alpha value is -2.69. The Balaban J connectivity index is 1.47. The molecule has 0 bridgehead atoms. The van der Waals surface area contributed by atoms with Crippen LogP contribution in [0.25, 0.3) is 0 Å². The number of benzene rings is 1. The summed E-state index contributed by atoms with van der Waals surface area (Å²) in [4.78, 5) is 28.2. The third kappa shape index (κ3) is 3.94. The summed E-state index contributed by atoms with van der Waals surface area (Å²) in [6, 6.07) is 11.4. The highest BCUT2D eigenvalue weighted by molar-refractivity contribution is 5.99. The van der Waals surface area contributed by atoms with Gasteiger partial charge >= 0.3 is 0 Å². The Morgan fingerprint density at radius 2 is 1.87 bits per heavy atom. The van der Waals surface area contributed by atoms with Crippen molar-refractivity contribution in [1.82, 2.24) is 10.3 Å². The van der Waals surface area contributed by atoms with Crippen molar-refractivity contribution in [3.8, 4) is 0 Å². The molecule has 1 aliphatic carbocycles. The number of anilines is 1. The lowest BCUT2D eigenvalue weighted by atomic mass is 10.2. The van der Waals surface area contributed by atoms with E-state index in [1.807, 2.05) is 43.3 Å². The van der Waals surface area contributed by atoms with Crippen LogP contribution >= 0.6 is 0 Å². The maximum absolute atomic E-state index is 12.1. The van der Waals surface area contributed by atoms with Crippen molar-refractivity contribution in [2.24, 2.45) is 11.8 Å². The van der Waals surface area contributed by atoms with Gasteiger partial charge in [-0.05, 0) is 37.1 Å². The van der Waals surface area contributed by atoms with Crippen LogP contribution in [0.15, 0.2) is 48.8 Å². The van der Waals surface area contributed by atoms with Gasteiger partial charge in [0.15, 0.2) is 0 Å². The molecule has 5 nitrogen and oxygen atoms in total. The number of pyridine rings is 1. The smallest absolute Gasteiger partial charge is 0.228 e. The summed E-state index contributed by atoms with van der Waals surface area (Å²) in [5, 5.41) is 5.72. The Labute approximate surface area is 135 Å². The molecule has 118 valence electrons. The molecule has 23 heavy (non-hydrogen) atoms. The second-order valence-electron chi connectivity index (χ2n) is 5.88. The fourth-order valence-electron chi connectivity index (χ4n) is 2.47. The average molecular weight is 309 g/mol. The summed E-state index contributed by atoms with van der Waals surface area (Å²) in [6.07, 6.45) is 4.02. The normalized spacial score (nSPS) is 19.0. The van der Waals surface area contributed by atoms with Gasteiger partial charge in [-0.25, -0.2) is 0 Å². The molecule has 2 atom stereocenters. The van der Waals surface area contributed by atoms with E-state index in [9.17, 15) is 9.59 Å². The third-order valence-corrected chi connectivity index (χ3v) is 3.97. The average Bonchev–Trinajstić information content (AvgIpc) is 3.36. The predicted molar refractivity (Wildman–Crippen MR) is 87.5 cm³/mol. The summed E-state index contributed by atoms with van der Waals surface area (Å²) in [5.41, 5.74) is 2.85. The van der Waals surface area contributed by atoms with Crippen LogP contribution in [0.2, 0.25) is 0 Å². The number of rotatable bonds is 5. The lowest BCUT2D eigenvalue weighted by Crippen LogP contribution is -2.27. The van der Waals surface area contributed by atoms with E-state index >= 15 is 0 Å². The monoisotopic (exact) mass is 309 g/mol. The first-order valence-corrected chi connectivity index (χ1v) is 7.67. The van der Waals surface area contributed by atoms with Gasteiger partial charge in [0.1, 0.15) is 0 Å².